The third-order valence-electron chi connectivity index (χ3n) is 2.17. The van der Waals surface area contributed by atoms with Crippen LogP contribution in [0.4, 0.5) is 0 Å². The fourth-order valence-electron chi connectivity index (χ4n) is 1.49. The highest BCUT2D eigenvalue weighted by atomic mass is 16.5. The van der Waals surface area contributed by atoms with Crippen LogP contribution in [0, 0.1) is 6.92 Å². The van der Waals surface area contributed by atoms with Gasteiger partial charge in [-0.25, -0.2) is 0 Å². The largest absolute Gasteiger partial charge is 0.479 e. The molecule has 0 saturated heterocycles. The topological polar surface area (TPSA) is 27.1 Å². The van der Waals surface area contributed by atoms with Crippen molar-refractivity contribution in [3.63, 3.8) is 0 Å². The molecular formula is C10H12N2O. The molecule has 2 rings (SSSR count). The van der Waals surface area contributed by atoms with Gasteiger partial charge in [-0.15, -0.1) is 5.10 Å². The van der Waals surface area contributed by atoms with Gasteiger partial charge in [-0.2, -0.15) is 0 Å². The fraction of sp³-hybridized carbons (Fsp3) is 0.300. The van der Waals surface area contributed by atoms with Crippen molar-refractivity contribution in [3.8, 4) is 5.88 Å². The van der Waals surface area contributed by atoms with Crippen LogP contribution in [-0.2, 0) is 7.05 Å². The first-order valence-electron chi connectivity index (χ1n) is 4.19. The molecule has 0 spiro atoms. The van der Waals surface area contributed by atoms with Gasteiger partial charge in [0, 0.05) is 7.05 Å². The smallest absolute Gasteiger partial charge is 0.240 e. The molecule has 1 aromatic carbocycles. The number of rotatable bonds is 1. The van der Waals surface area contributed by atoms with E-state index < -0.39 is 0 Å². The van der Waals surface area contributed by atoms with Crippen LogP contribution >= 0.6 is 0 Å². The Labute approximate surface area is 76.9 Å². The van der Waals surface area contributed by atoms with Gasteiger partial charge >= 0.3 is 0 Å². The lowest BCUT2D eigenvalue weighted by atomic mass is 10.2. The molecule has 0 unspecified atom stereocenters. The van der Waals surface area contributed by atoms with Crippen molar-refractivity contribution >= 4 is 10.9 Å². The van der Waals surface area contributed by atoms with E-state index in [1.165, 1.54) is 5.56 Å². The van der Waals surface area contributed by atoms with Gasteiger partial charge in [-0.1, -0.05) is 6.07 Å². The van der Waals surface area contributed by atoms with Crippen LogP contribution < -0.4 is 4.74 Å². The average Bonchev–Trinajstić information content (AvgIpc) is 2.43. The second-order valence-electron chi connectivity index (χ2n) is 3.15. The van der Waals surface area contributed by atoms with E-state index >= 15 is 0 Å². The molecule has 0 radical (unpaired) electrons. The van der Waals surface area contributed by atoms with Crippen LogP contribution in [0.15, 0.2) is 18.2 Å². The quantitative estimate of drug-likeness (QED) is 0.663. The predicted octanol–water partition coefficient (Wildman–Crippen LogP) is 1.89. The summed E-state index contributed by atoms with van der Waals surface area (Å²) in [6.07, 6.45) is 0. The van der Waals surface area contributed by atoms with Crippen LogP contribution in [0.3, 0.4) is 0 Å². The summed E-state index contributed by atoms with van der Waals surface area (Å²) in [7, 11) is 3.56. The summed E-state index contributed by atoms with van der Waals surface area (Å²) in [5.74, 6) is 0.692. The molecule has 0 N–H and O–H groups in total. The van der Waals surface area contributed by atoms with Gasteiger partial charge in [0.1, 0.15) is 0 Å². The van der Waals surface area contributed by atoms with Crippen molar-refractivity contribution in [2.24, 2.45) is 7.05 Å². The van der Waals surface area contributed by atoms with Crippen molar-refractivity contribution in [2.75, 3.05) is 7.11 Å². The number of nitrogens with zero attached hydrogens (tertiary/aromatic N) is 2. The Morgan fingerprint density at radius 3 is 2.85 bits per heavy atom. The van der Waals surface area contributed by atoms with Crippen molar-refractivity contribution in [3.05, 3.63) is 23.8 Å². The molecular weight excluding hydrogens is 164 g/mol. The summed E-state index contributed by atoms with van der Waals surface area (Å²) in [6, 6.07) is 6.20. The Morgan fingerprint density at radius 1 is 1.38 bits per heavy atom. The van der Waals surface area contributed by atoms with Gasteiger partial charge in [0.2, 0.25) is 5.88 Å². The van der Waals surface area contributed by atoms with E-state index in [-0.39, 0.29) is 0 Å². The minimum atomic E-state index is 0.692. The van der Waals surface area contributed by atoms with Crippen molar-refractivity contribution in [2.45, 2.75) is 6.92 Å². The third kappa shape index (κ3) is 1.16. The standard InChI is InChI=1S/C10H12N2O/c1-7-4-5-8-9(6-7)12(2)11-10(8)13-3/h4-6H,1-3H3. The number of hydrogen-bond donors (Lipinski definition) is 0. The second kappa shape index (κ2) is 2.76. The van der Waals surface area contributed by atoms with Gasteiger partial charge in [-0.05, 0) is 24.6 Å². The number of methoxy groups -OCH3 is 1. The summed E-state index contributed by atoms with van der Waals surface area (Å²) >= 11 is 0. The highest BCUT2D eigenvalue weighted by Crippen LogP contribution is 2.24. The molecule has 0 bridgehead atoms. The summed E-state index contributed by atoms with van der Waals surface area (Å²) in [5.41, 5.74) is 2.34. The molecule has 3 heteroatoms. The molecule has 0 aliphatic heterocycles. The van der Waals surface area contributed by atoms with Crippen LogP contribution in [0.2, 0.25) is 0 Å². The van der Waals surface area contributed by atoms with Crippen molar-refractivity contribution < 1.29 is 4.74 Å². The molecule has 0 atom stereocenters. The van der Waals surface area contributed by atoms with E-state index in [0.29, 0.717) is 5.88 Å². The van der Waals surface area contributed by atoms with E-state index in [2.05, 4.69) is 24.2 Å². The maximum atomic E-state index is 5.16. The molecule has 0 saturated carbocycles. The monoisotopic (exact) mass is 176 g/mol. The summed E-state index contributed by atoms with van der Waals surface area (Å²) < 4.78 is 6.99. The molecule has 3 nitrogen and oxygen atoms in total. The highest BCUT2D eigenvalue weighted by Gasteiger charge is 2.07. The number of ether oxygens (including phenoxy) is 1. The minimum Gasteiger partial charge on any atom is -0.479 e. The Hall–Kier alpha value is -1.51. The van der Waals surface area contributed by atoms with Crippen molar-refractivity contribution in [1.82, 2.24) is 9.78 Å². The van der Waals surface area contributed by atoms with Crippen LogP contribution in [0.5, 0.6) is 5.88 Å². The first-order chi connectivity index (χ1) is 6.22. The lowest BCUT2D eigenvalue weighted by Crippen LogP contribution is -1.90. The zero-order valence-corrected chi connectivity index (χ0v) is 8.03. The number of fused-ring (bicyclic) bond motifs is 1. The Morgan fingerprint density at radius 2 is 2.15 bits per heavy atom. The Balaban J connectivity index is 2.80. The predicted molar refractivity (Wildman–Crippen MR) is 52.0 cm³/mol. The normalized spacial score (nSPS) is 10.7. The molecule has 0 fully saturated rings. The second-order valence-corrected chi connectivity index (χ2v) is 3.15. The summed E-state index contributed by atoms with van der Waals surface area (Å²) in [4.78, 5) is 0. The summed E-state index contributed by atoms with van der Waals surface area (Å²) in [6.45, 7) is 2.07. The molecule has 2 aromatic rings. The maximum Gasteiger partial charge on any atom is 0.240 e. The molecule has 68 valence electrons. The number of benzene rings is 1. The van der Waals surface area contributed by atoms with Gasteiger partial charge in [0.25, 0.3) is 0 Å². The summed E-state index contributed by atoms with van der Waals surface area (Å²) in [5, 5.41) is 5.31. The Kier molecular flexibility index (Phi) is 1.72. The molecule has 0 amide bonds. The first kappa shape index (κ1) is 8.10. The first-order valence-corrected chi connectivity index (χ1v) is 4.19. The molecule has 0 aliphatic carbocycles. The SMILES string of the molecule is COc1nn(C)c2cc(C)ccc12. The highest BCUT2D eigenvalue weighted by molar-refractivity contribution is 5.85. The van der Waals surface area contributed by atoms with Gasteiger partial charge in [0.05, 0.1) is 18.0 Å². The van der Waals surface area contributed by atoms with E-state index in [1.54, 1.807) is 7.11 Å². The van der Waals surface area contributed by atoms with Crippen LogP contribution in [0.25, 0.3) is 10.9 Å². The van der Waals surface area contributed by atoms with Gasteiger partial charge < -0.3 is 4.74 Å². The molecule has 13 heavy (non-hydrogen) atoms. The average molecular weight is 176 g/mol. The zero-order valence-electron chi connectivity index (χ0n) is 8.03. The molecule has 0 aliphatic rings. The molecule has 1 aromatic heterocycles. The lowest BCUT2D eigenvalue weighted by Gasteiger charge is -1.95. The lowest BCUT2D eigenvalue weighted by molar-refractivity contribution is 0.396. The van der Waals surface area contributed by atoms with E-state index in [0.717, 1.165) is 10.9 Å². The fourth-order valence-corrected chi connectivity index (χ4v) is 1.49. The Bertz CT molecular complexity index is 445. The maximum absolute atomic E-state index is 5.16. The number of aromatic nitrogens is 2. The van der Waals surface area contributed by atoms with E-state index in [1.807, 2.05) is 17.8 Å². The number of aryl methyl sites for hydroxylation is 2. The van der Waals surface area contributed by atoms with Gasteiger partial charge in [-0.3, -0.25) is 4.68 Å². The van der Waals surface area contributed by atoms with Crippen LogP contribution in [-0.4, -0.2) is 16.9 Å². The number of hydrogen-bond acceptors (Lipinski definition) is 2. The van der Waals surface area contributed by atoms with Crippen molar-refractivity contribution in [1.29, 1.82) is 0 Å². The van der Waals surface area contributed by atoms with E-state index in [9.17, 15) is 0 Å². The van der Waals surface area contributed by atoms with E-state index in [4.69, 9.17) is 4.74 Å². The third-order valence-corrected chi connectivity index (χ3v) is 2.17. The zero-order chi connectivity index (χ0) is 9.42. The molecule has 1 heterocycles. The minimum absolute atomic E-state index is 0.692. The van der Waals surface area contributed by atoms with Gasteiger partial charge in [0.15, 0.2) is 0 Å². The van der Waals surface area contributed by atoms with Crippen LogP contribution in [0.1, 0.15) is 5.56 Å².